The van der Waals surface area contributed by atoms with Crippen molar-refractivity contribution in [1.29, 1.82) is 0 Å². The highest BCUT2D eigenvalue weighted by Gasteiger charge is 2.25. The lowest BCUT2D eigenvalue weighted by Gasteiger charge is -2.28. The average Bonchev–Trinajstić information content (AvgIpc) is 2.38. The van der Waals surface area contributed by atoms with E-state index in [1.54, 1.807) is 0 Å². The first-order chi connectivity index (χ1) is 9.09. The molecule has 2 atom stereocenters. The zero-order chi connectivity index (χ0) is 13.7. The van der Waals surface area contributed by atoms with E-state index in [-0.39, 0.29) is 6.04 Å². The van der Waals surface area contributed by atoms with Crippen molar-refractivity contribution in [3.05, 3.63) is 35.9 Å². The van der Waals surface area contributed by atoms with Crippen LogP contribution in [0.25, 0.3) is 0 Å². The van der Waals surface area contributed by atoms with Gasteiger partial charge in [-0.1, -0.05) is 37.3 Å². The summed E-state index contributed by atoms with van der Waals surface area (Å²) in [7, 11) is -2.82. The number of benzene rings is 1. The molecule has 1 heterocycles. The van der Waals surface area contributed by atoms with Crippen LogP contribution in [0.1, 0.15) is 31.7 Å². The fourth-order valence-corrected chi connectivity index (χ4v) is 4.36. The maximum atomic E-state index is 11.6. The summed E-state index contributed by atoms with van der Waals surface area (Å²) < 4.78 is 23.3. The van der Waals surface area contributed by atoms with Crippen molar-refractivity contribution < 1.29 is 8.42 Å². The standard InChI is InChI=1S/C15H23NO2S/c1-2-14(11-13-7-4-3-5-8-13)16-15-9-6-10-19(17,18)12-15/h3-5,7-8,14-16H,2,6,9-12H2,1H3. The van der Waals surface area contributed by atoms with Crippen LogP contribution in [0, 0.1) is 0 Å². The van der Waals surface area contributed by atoms with E-state index in [1.807, 2.05) is 18.2 Å². The Labute approximate surface area is 116 Å². The molecule has 1 aromatic carbocycles. The van der Waals surface area contributed by atoms with E-state index in [2.05, 4.69) is 24.4 Å². The summed E-state index contributed by atoms with van der Waals surface area (Å²) in [4.78, 5) is 0. The number of hydrogen-bond acceptors (Lipinski definition) is 3. The lowest BCUT2D eigenvalue weighted by atomic mass is 10.0. The molecule has 1 aliphatic rings. The molecule has 3 nitrogen and oxygen atoms in total. The summed E-state index contributed by atoms with van der Waals surface area (Å²) in [5, 5.41) is 3.53. The van der Waals surface area contributed by atoms with Crippen molar-refractivity contribution in [3.63, 3.8) is 0 Å². The molecule has 0 aliphatic carbocycles. The van der Waals surface area contributed by atoms with Gasteiger partial charge < -0.3 is 5.32 Å². The van der Waals surface area contributed by atoms with Gasteiger partial charge in [-0.25, -0.2) is 8.42 Å². The molecule has 0 amide bonds. The molecule has 2 rings (SSSR count). The lowest BCUT2D eigenvalue weighted by molar-refractivity contribution is 0.403. The van der Waals surface area contributed by atoms with Gasteiger partial charge >= 0.3 is 0 Å². The number of nitrogens with one attached hydrogen (secondary N) is 1. The van der Waals surface area contributed by atoms with E-state index in [1.165, 1.54) is 5.56 Å². The van der Waals surface area contributed by atoms with Gasteiger partial charge in [-0.2, -0.15) is 0 Å². The van der Waals surface area contributed by atoms with Gasteiger partial charge in [-0.05, 0) is 31.2 Å². The Hall–Kier alpha value is -0.870. The van der Waals surface area contributed by atoms with Gasteiger partial charge in [0.05, 0.1) is 11.5 Å². The summed E-state index contributed by atoms with van der Waals surface area (Å²) in [6.45, 7) is 2.15. The van der Waals surface area contributed by atoms with E-state index in [0.717, 1.165) is 25.7 Å². The Kier molecular flexibility index (Phi) is 4.99. The van der Waals surface area contributed by atoms with Crippen molar-refractivity contribution in [2.24, 2.45) is 0 Å². The number of hydrogen-bond donors (Lipinski definition) is 1. The van der Waals surface area contributed by atoms with Crippen molar-refractivity contribution in [3.8, 4) is 0 Å². The number of sulfone groups is 1. The molecule has 0 spiro atoms. The normalized spacial score (nSPS) is 23.9. The van der Waals surface area contributed by atoms with Crippen LogP contribution in [0.2, 0.25) is 0 Å². The zero-order valence-electron chi connectivity index (χ0n) is 11.5. The molecule has 1 fully saturated rings. The third-order valence-corrected chi connectivity index (χ3v) is 5.57. The van der Waals surface area contributed by atoms with Gasteiger partial charge in [0.25, 0.3) is 0 Å². The maximum Gasteiger partial charge on any atom is 0.151 e. The second kappa shape index (κ2) is 6.53. The first kappa shape index (κ1) is 14.5. The van der Waals surface area contributed by atoms with Crippen LogP contribution in [-0.2, 0) is 16.3 Å². The van der Waals surface area contributed by atoms with Gasteiger partial charge in [0.1, 0.15) is 0 Å². The minimum atomic E-state index is -2.82. The minimum Gasteiger partial charge on any atom is -0.310 e. The van der Waals surface area contributed by atoms with Crippen LogP contribution >= 0.6 is 0 Å². The van der Waals surface area contributed by atoms with Crippen LogP contribution in [0.5, 0.6) is 0 Å². The third-order valence-electron chi connectivity index (χ3n) is 3.75. The van der Waals surface area contributed by atoms with Crippen LogP contribution in [0.3, 0.4) is 0 Å². The zero-order valence-corrected chi connectivity index (χ0v) is 12.3. The fraction of sp³-hybridized carbons (Fsp3) is 0.600. The second-order valence-corrected chi connectivity index (χ2v) is 7.64. The highest BCUT2D eigenvalue weighted by atomic mass is 32.2. The van der Waals surface area contributed by atoms with Gasteiger partial charge in [0.15, 0.2) is 9.84 Å². The van der Waals surface area contributed by atoms with E-state index in [9.17, 15) is 8.42 Å². The quantitative estimate of drug-likeness (QED) is 0.900. The SMILES string of the molecule is CCC(Cc1ccccc1)NC1CCCS(=O)(=O)C1. The lowest BCUT2D eigenvalue weighted by Crippen LogP contribution is -2.45. The predicted octanol–water partition coefficient (Wildman–Crippen LogP) is 2.17. The molecule has 1 aromatic rings. The smallest absolute Gasteiger partial charge is 0.151 e. The first-order valence-corrected chi connectivity index (χ1v) is 8.91. The van der Waals surface area contributed by atoms with E-state index in [0.29, 0.717) is 17.5 Å². The van der Waals surface area contributed by atoms with Gasteiger partial charge in [0.2, 0.25) is 0 Å². The fourth-order valence-electron chi connectivity index (χ4n) is 2.71. The largest absolute Gasteiger partial charge is 0.310 e. The van der Waals surface area contributed by atoms with E-state index in [4.69, 9.17) is 0 Å². The monoisotopic (exact) mass is 281 g/mol. The first-order valence-electron chi connectivity index (χ1n) is 7.09. The van der Waals surface area contributed by atoms with Crippen molar-refractivity contribution >= 4 is 9.84 Å². The van der Waals surface area contributed by atoms with Crippen molar-refractivity contribution in [2.45, 2.75) is 44.7 Å². The molecule has 1 N–H and O–H groups in total. The van der Waals surface area contributed by atoms with E-state index < -0.39 is 9.84 Å². The number of rotatable bonds is 5. The Morgan fingerprint density at radius 2 is 2.05 bits per heavy atom. The summed E-state index contributed by atoms with van der Waals surface area (Å²) in [6.07, 6.45) is 3.76. The highest BCUT2D eigenvalue weighted by molar-refractivity contribution is 7.91. The van der Waals surface area contributed by atoms with Gasteiger partial charge in [-0.15, -0.1) is 0 Å². The van der Waals surface area contributed by atoms with Crippen LogP contribution in [0.15, 0.2) is 30.3 Å². The summed E-state index contributed by atoms with van der Waals surface area (Å²) in [5.41, 5.74) is 1.31. The molecule has 19 heavy (non-hydrogen) atoms. The Balaban J connectivity index is 1.92. The van der Waals surface area contributed by atoms with Gasteiger partial charge in [0, 0.05) is 12.1 Å². The predicted molar refractivity (Wildman–Crippen MR) is 79.0 cm³/mol. The molecule has 1 saturated heterocycles. The molecule has 1 aliphatic heterocycles. The molecule has 4 heteroatoms. The molecule has 106 valence electrons. The van der Waals surface area contributed by atoms with Crippen LogP contribution in [-0.4, -0.2) is 32.0 Å². The highest BCUT2D eigenvalue weighted by Crippen LogP contribution is 2.14. The third kappa shape index (κ3) is 4.62. The molecule has 0 saturated carbocycles. The summed E-state index contributed by atoms with van der Waals surface area (Å²) in [5.74, 6) is 0.666. The Morgan fingerprint density at radius 1 is 1.32 bits per heavy atom. The molecular formula is C15H23NO2S. The molecule has 0 aromatic heterocycles. The molecular weight excluding hydrogens is 258 g/mol. The maximum absolute atomic E-state index is 11.6. The molecule has 2 unspecified atom stereocenters. The Bertz CT molecular complexity index is 484. The summed E-state index contributed by atoms with van der Waals surface area (Å²) in [6, 6.07) is 10.9. The van der Waals surface area contributed by atoms with E-state index >= 15 is 0 Å². The average molecular weight is 281 g/mol. The van der Waals surface area contributed by atoms with Crippen molar-refractivity contribution in [1.82, 2.24) is 5.32 Å². The van der Waals surface area contributed by atoms with Crippen LogP contribution in [0.4, 0.5) is 0 Å². The Morgan fingerprint density at radius 3 is 2.68 bits per heavy atom. The second-order valence-electron chi connectivity index (χ2n) is 5.42. The topological polar surface area (TPSA) is 46.2 Å². The summed E-state index contributed by atoms with van der Waals surface area (Å²) >= 11 is 0. The minimum absolute atomic E-state index is 0.132. The molecule has 0 radical (unpaired) electrons. The van der Waals surface area contributed by atoms with Crippen LogP contribution < -0.4 is 5.32 Å². The van der Waals surface area contributed by atoms with Gasteiger partial charge in [-0.3, -0.25) is 0 Å². The molecule has 0 bridgehead atoms. The van der Waals surface area contributed by atoms with Crippen molar-refractivity contribution in [2.75, 3.05) is 11.5 Å².